The summed E-state index contributed by atoms with van der Waals surface area (Å²) in [6.45, 7) is 12.4. The van der Waals surface area contributed by atoms with E-state index in [-0.39, 0.29) is 17.8 Å². The molecule has 0 aromatic rings. The van der Waals surface area contributed by atoms with Crippen molar-refractivity contribution in [2.24, 2.45) is 17.8 Å². The lowest BCUT2D eigenvalue weighted by Gasteiger charge is -2.47. The fourth-order valence-electron chi connectivity index (χ4n) is 3.90. The molecule has 0 aromatic carbocycles. The van der Waals surface area contributed by atoms with Crippen molar-refractivity contribution in [3.05, 3.63) is 0 Å². The van der Waals surface area contributed by atoms with E-state index in [9.17, 15) is 9.90 Å². The summed E-state index contributed by atoms with van der Waals surface area (Å²) in [5.74, 6) is -3.16. The van der Waals surface area contributed by atoms with Crippen LogP contribution in [0.2, 0.25) is 0 Å². The molecule has 0 aliphatic carbocycles. The van der Waals surface area contributed by atoms with Gasteiger partial charge in [-0.3, -0.25) is 4.79 Å². The second-order valence-corrected chi connectivity index (χ2v) is 8.85. The smallest absolute Gasteiger partial charge is 0.314 e. The van der Waals surface area contributed by atoms with Gasteiger partial charge in [-0.15, -0.1) is 0 Å². The Labute approximate surface area is 162 Å². The summed E-state index contributed by atoms with van der Waals surface area (Å²) in [6.07, 6.45) is 0.303. The number of methoxy groups -OCH3 is 1. The van der Waals surface area contributed by atoms with E-state index in [4.69, 9.17) is 23.7 Å². The molecule has 0 amide bonds. The summed E-state index contributed by atoms with van der Waals surface area (Å²) in [4.78, 5) is 12.6. The lowest BCUT2D eigenvalue weighted by atomic mass is 9.80. The van der Waals surface area contributed by atoms with Crippen LogP contribution in [0.15, 0.2) is 0 Å². The van der Waals surface area contributed by atoms with Crippen LogP contribution in [-0.2, 0) is 28.5 Å². The summed E-state index contributed by atoms with van der Waals surface area (Å²) in [5.41, 5.74) is -0.583. The Kier molecular flexibility index (Phi) is 6.96. The number of hydrogen-bond donors (Lipinski definition) is 1. The molecule has 5 atom stereocenters. The highest BCUT2D eigenvalue weighted by Gasteiger charge is 2.52. The van der Waals surface area contributed by atoms with Gasteiger partial charge < -0.3 is 28.8 Å². The zero-order valence-corrected chi connectivity index (χ0v) is 17.7. The van der Waals surface area contributed by atoms with Gasteiger partial charge in [-0.05, 0) is 27.7 Å². The molecule has 1 unspecified atom stereocenters. The second kappa shape index (κ2) is 8.33. The van der Waals surface area contributed by atoms with Gasteiger partial charge in [0.1, 0.15) is 11.5 Å². The first kappa shape index (κ1) is 22.6. The molecule has 7 heteroatoms. The first-order valence-corrected chi connectivity index (χ1v) is 9.84. The minimum Gasteiger partial charge on any atom is -0.460 e. The third-order valence-electron chi connectivity index (χ3n) is 5.74. The quantitative estimate of drug-likeness (QED) is 0.700. The van der Waals surface area contributed by atoms with Gasteiger partial charge in [-0.1, -0.05) is 13.8 Å². The predicted octanol–water partition coefficient (Wildman–Crippen LogP) is 2.49. The van der Waals surface area contributed by atoms with Crippen LogP contribution in [0.3, 0.4) is 0 Å². The van der Waals surface area contributed by atoms with Crippen molar-refractivity contribution in [2.45, 2.75) is 77.7 Å². The number of aliphatic hydroxyl groups excluding tert-OH is 1. The predicted molar refractivity (Wildman–Crippen MR) is 98.9 cm³/mol. The van der Waals surface area contributed by atoms with Gasteiger partial charge in [0.05, 0.1) is 25.9 Å². The Morgan fingerprint density at radius 2 is 1.78 bits per heavy atom. The molecule has 1 N–H and O–H groups in total. The number of carbonyl (C=O) groups excluding carboxylic acids is 1. The summed E-state index contributed by atoms with van der Waals surface area (Å²) in [7, 11) is 1.58. The van der Waals surface area contributed by atoms with E-state index in [2.05, 4.69) is 0 Å². The number of rotatable bonds is 6. The molecule has 0 radical (unpaired) electrons. The van der Waals surface area contributed by atoms with Crippen LogP contribution in [0.25, 0.3) is 0 Å². The van der Waals surface area contributed by atoms with Crippen LogP contribution >= 0.6 is 0 Å². The summed E-state index contributed by atoms with van der Waals surface area (Å²) >= 11 is 0. The van der Waals surface area contributed by atoms with Crippen molar-refractivity contribution in [2.75, 3.05) is 26.9 Å². The van der Waals surface area contributed by atoms with Crippen molar-refractivity contribution >= 4 is 5.97 Å². The zero-order chi connectivity index (χ0) is 20.5. The third-order valence-corrected chi connectivity index (χ3v) is 5.74. The minimum atomic E-state index is -1.08. The maximum atomic E-state index is 12.6. The average Bonchev–Trinajstić information content (AvgIpc) is 3.08. The highest BCUT2D eigenvalue weighted by molar-refractivity contribution is 5.73. The molecule has 2 saturated heterocycles. The van der Waals surface area contributed by atoms with Gasteiger partial charge in [-0.25, -0.2) is 0 Å². The summed E-state index contributed by atoms with van der Waals surface area (Å²) in [5, 5.41) is 10.5. The molecule has 0 saturated carbocycles. The third kappa shape index (κ3) is 4.82. The Bertz CT molecular complexity index is 509. The summed E-state index contributed by atoms with van der Waals surface area (Å²) in [6, 6.07) is 0. The average molecular weight is 389 g/mol. The van der Waals surface area contributed by atoms with Gasteiger partial charge in [0.25, 0.3) is 0 Å². The molecule has 27 heavy (non-hydrogen) atoms. The van der Waals surface area contributed by atoms with E-state index >= 15 is 0 Å². The van der Waals surface area contributed by atoms with Crippen molar-refractivity contribution in [3.63, 3.8) is 0 Å². The van der Waals surface area contributed by atoms with Gasteiger partial charge >= 0.3 is 5.97 Å². The van der Waals surface area contributed by atoms with Crippen LogP contribution in [-0.4, -0.2) is 61.3 Å². The first-order valence-electron chi connectivity index (χ1n) is 9.84. The Hall–Kier alpha value is -0.730. The highest BCUT2D eigenvalue weighted by Crippen LogP contribution is 2.42. The second-order valence-electron chi connectivity index (χ2n) is 8.85. The molecule has 2 heterocycles. The van der Waals surface area contributed by atoms with Gasteiger partial charge in [-0.2, -0.15) is 0 Å². The largest absolute Gasteiger partial charge is 0.460 e. The van der Waals surface area contributed by atoms with Crippen molar-refractivity contribution in [3.8, 4) is 0 Å². The van der Waals surface area contributed by atoms with Crippen LogP contribution in [0.5, 0.6) is 0 Å². The van der Waals surface area contributed by atoms with E-state index < -0.39 is 29.2 Å². The fourth-order valence-corrected chi connectivity index (χ4v) is 3.90. The van der Waals surface area contributed by atoms with E-state index in [1.54, 1.807) is 14.0 Å². The van der Waals surface area contributed by atoms with Crippen LogP contribution in [0.1, 0.15) is 54.4 Å². The van der Waals surface area contributed by atoms with Gasteiger partial charge in [0.2, 0.25) is 0 Å². The van der Waals surface area contributed by atoms with Crippen LogP contribution in [0, 0.1) is 17.8 Å². The lowest BCUT2D eigenvalue weighted by molar-refractivity contribution is -0.314. The lowest BCUT2D eigenvalue weighted by Crippen LogP contribution is -2.55. The van der Waals surface area contributed by atoms with Gasteiger partial charge in [0.15, 0.2) is 11.6 Å². The minimum absolute atomic E-state index is 0.0388. The number of esters is 1. The van der Waals surface area contributed by atoms with Gasteiger partial charge in [0, 0.05) is 31.8 Å². The SMILES string of the molecule is CO[C@@]1(CCC2(C(C)C(=O)OC(C)(C)C)OCCO2)OC[C@@H](C)[C@H](O)[C@@H]1C. The maximum Gasteiger partial charge on any atom is 0.314 e. The molecular weight excluding hydrogens is 352 g/mol. The van der Waals surface area contributed by atoms with E-state index in [1.807, 2.05) is 34.6 Å². The molecular formula is C20H36O7. The normalized spacial score (nSPS) is 35.0. The van der Waals surface area contributed by atoms with Crippen LogP contribution < -0.4 is 0 Å². The molecule has 0 bridgehead atoms. The number of aliphatic hydroxyl groups is 1. The monoisotopic (exact) mass is 388 g/mol. The van der Waals surface area contributed by atoms with E-state index in [0.29, 0.717) is 32.7 Å². The molecule has 2 aliphatic rings. The van der Waals surface area contributed by atoms with Crippen molar-refractivity contribution in [1.82, 2.24) is 0 Å². The molecule has 2 fully saturated rings. The molecule has 2 aliphatic heterocycles. The standard InChI is InChI=1S/C20H36O7/c1-13-12-26-19(23-7,14(2)16(13)21)8-9-20(24-10-11-25-20)15(3)17(22)27-18(4,5)6/h13-16,21H,8-12H2,1-7H3/t13-,14+,15?,16+,19+/m1/s1. The fraction of sp³-hybridized carbons (Fsp3) is 0.950. The molecule has 0 aromatic heterocycles. The number of hydrogen-bond acceptors (Lipinski definition) is 7. The number of ether oxygens (including phenoxy) is 5. The molecule has 158 valence electrons. The molecule has 2 rings (SSSR count). The molecule has 7 nitrogen and oxygen atoms in total. The van der Waals surface area contributed by atoms with Crippen molar-refractivity contribution < 1.29 is 33.6 Å². The van der Waals surface area contributed by atoms with Crippen molar-refractivity contribution in [1.29, 1.82) is 0 Å². The zero-order valence-electron chi connectivity index (χ0n) is 17.7. The van der Waals surface area contributed by atoms with E-state index in [1.165, 1.54) is 0 Å². The van der Waals surface area contributed by atoms with E-state index in [0.717, 1.165) is 0 Å². The first-order chi connectivity index (χ1) is 12.5. The Morgan fingerprint density at radius 3 is 2.30 bits per heavy atom. The Morgan fingerprint density at radius 1 is 1.19 bits per heavy atom. The number of carbonyl (C=O) groups is 1. The molecule has 0 spiro atoms. The van der Waals surface area contributed by atoms with Crippen LogP contribution in [0.4, 0.5) is 0 Å². The Balaban J connectivity index is 2.14. The highest BCUT2D eigenvalue weighted by atomic mass is 16.7. The topological polar surface area (TPSA) is 83.5 Å². The maximum absolute atomic E-state index is 12.6. The summed E-state index contributed by atoms with van der Waals surface area (Å²) < 4.78 is 29.1.